The molecule has 2 rings (SSSR count). The van der Waals surface area contributed by atoms with Gasteiger partial charge in [-0.15, -0.1) is 0 Å². The summed E-state index contributed by atoms with van der Waals surface area (Å²) in [6, 6.07) is 5.89. The summed E-state index contributed by atoms with van der Waals surface area (Å²) in [5.41, 5.74) is 6.80. The van der Waals surface area contributed by atoms with Crippen molar-refractivity contribution in [2.75, 3.05) is 13.7 Å². The molecule has 1 aliphatic rings. The first-order valence-corrected chi connectivity index (χ1v) is 10.00. The number of carbonyl (C=O) groups is 3. The van der Waals surface area contributed by atoms with Gasteiger partial charge in [-0.05, 0) is 26.3 Å². The van der Waals surface area contributed by atoms with E-state index in [1.807, 2.05) is 0 Å². The Morgan fingerprint density at radius 1 is 1.28 bits per heavy atom. The van der Waals surface area contributed by atoms with Crippen LogP contribution in [0.2, 0.25) is 0 Å². The van der Waals surface area contributed by atoms with Crippen LogP contribution in [0, 0.1) is 5.41 Å². The van der Waals surface area contributed by atoms with Crippen LogP contribution in [0.25, 0.3) is 0 Å². The minimum absolute atomic E-state index is 0.0128. The Hall–Kier alpha value is -3.63. The predicted molar refractivity (Wildman–Crippen MR) is 116 cm³/mol. The molecule has 0 radical (unpaired) electrons. The summed E-state index contributed by atoms with van der Waals surface area (Å²) in [4.78, 5) is 41.5. The zero-order valence-electron chi connectivity index (χ0n) is 18.6. The number of benzene rings is 1. The van der Waals surface area contributed by atoms with E-state index in [1.165, 1.54) is 7.11 Å². The van der Waals surface area contributed by atoms with Gasteiger partial charge in [-0.25, -0.2) is 9.59 Å². The molecule has 0 saturated heterocycles. The van der Waals surface area contributed by atoms with Crippen molar-refractivity contribution in [3.05, 3.63) is 35.4 Å². The lowest BCUT2D eigenvalue weighted by Gasteiger charge is -2.22. The highest BCUT2D eigenvalue weighted by atomic mass is 16.6. The van der Waals surface area contributed by atoms with Crippen LogP contribution in [0.3, 0.4) is 0 Å². The second kappa shape index (κ2) is 10.6. The van der Waals surface area contributed by atoms with E-state index >= 15 is 0 Å². The smallest absolute Gasteiger partial charge is 0.408 e. The molecule has 32 heavy (non-hydrogen) atoms. The maximum Gasteiger partial charge on any atom is 0.408 e. The molecule has 2 amide bonds. The largest absolute Gasteiger partial charge is 0.467 e. The number of nitrogens with two attached hydrogens (primary N) is 1. The first-order chi connectivity index (χ1) is 15.0. The van der Waals surface area contributed by atoms with Crippen molar-refractivity contribution in [3.8, 4) is 0 Å². The maximum atomic E-state index is 12.3. The summed E-state index contributed by atoms with van der Waals surface area (Å²) in [5, 5.41) is 16.4. The van der Waals surface area contributed by atoms with Crippen molar-refractivity contribution in [1.29, 1.82) is 5.41 Å². The monoisotopic (exact) mass is 447 g/mol. The molecule has 0 unspecified atom stereocenters. The quantitative estimate of drug-likeness (QED) is 0.262. The van der Waals surface area contributed by atoms with Gasteiger partial charge in [0.1, 0.15) is 23.6 Å². The first kappa shape index (κ1) is 24.6. The van der Waals surface area contributed by atoms with E-state index in [4.69, 9.17) is 20.7 Å². The molecule has 2 atom stereocenters. The van der Waals surface area contributed by atoms with Crippen LogP contribution in [0.1, 0.15) is 44.7 Å². The molecule has 0 aliphatic carbocycles. The average Bonchev–Trinajstić information content (AvgIpc) is 3.17. The van der Waals surface area contributed by atoms with Crippen molar-refractivity contribution in [2.24, 2.45) is 10.9 Å². The van der Waals surface area contributed by atoms with Crippen LogP contribution in [0.4, 0.5) is 4.79 Å². The summed E-state index contributed by atoms with van der Waals surface area (Å²) < 4.78 is 9.80. The first-order valence-electron chi connectivity index (χ1n) is 10.00. The molecule has 11 heteroatoms. The molecule has 1 heterocycles. The van der Waals surface area contributed by atoms with Crippen LogP contribution in [-0.2, 0) is 23.9 Å². The summed E-state index contributed by atoms with van der Waals surface area (Å²) in [6.07, 6.45) is -0.828. The summed E-state index contributed by atoms with van der Waals surface area (Å²) in [5.74, 6) is -1.12. The number of hydrogen-bond donors (Lipinski definition) is 4. The third kappa shape index (κ3) is 7.56. The molecule has 0 aromatic heterocycles. The van der Waals surface area contributed by atoms with Crippen LogP contribution < -0.4 is 16.4 Å². The number of esters is 1. The van der Waals surface area contributed by atoms with Gasteiger partial charge in [-0.1, -0.05) is 29.4 Å². The SMILES string of the molecule is COC(=O)[C@H](CNC(=O)C[C@H]1CC(c2ccc(C(=N)N)cc2)=NO1)NC(=O)OC(C)(C)C. The normalized spacial score (nSPS) is 16.2. The molecule has 0 spiro atoms. The number of oxime groups is 1. The lowest BCUT2D eigenvalue weighted by molar-refractivity contribution is -0.143. The molecule has 0 fully saturated rings. The summed E-state index contributed by atoms with van der Waals surface area (Å²) in [7, 11) is 1.18. The van der Waals surface area contributed by atoms with Gasteiger partial charge >= 0.3 is 12.1 Å². The van der Waals surface area contributed by atoms with E-state index in [0.29, 0.717) is 17.7 Å². The van der Waals surface area contributed by atoms with Gasteiger partial charge in [-0.2, -0.15) is 0 Å². The van der Waals surface area contributed by atoms with E-state index in [-0.39, 0.29) is 24.7 Å². The number of alkyl carbamates (subject to hydrolysis) is 1. The zero-order valence-corrected chi connectivity index (χ0v) is 18.6. The summed E-state index contributed by atoms with van der Waals surface area (Å²) >= 11 is 0. The van der Waals surface area contributed by atoms with Crippen LogP contribution in [0.15, 0.2) is 29.4 Å². The van der Waals surface area contributed by atoms with Crippen molar-refractivity contribution >= 4 is 29.5 Å². The number of amides is 2. The van der Waals surface area contributed by atoms with Gasteiger partial charge < -0.3 is 30.7 Å². The van der Waals surface area contributed by atoms with E-state index in [1.54, 1.807) is 45.0 Å². The van der Waals surface area contributed by atoms with Crippen LogP contribution >= 0.6 is 0 Å². The highest BCUT2D eigenvalue weighted by Gasteiger charge is 2.28. The fraction of sp³-hybridized carbons (Fsp3) is 0.476. The van der Waals surface area contributed by atoms with Crippen molar-refractivity contribution in [1.82, 2.24) is 10.6 Å². The van der Waals surface area contributed by atoms with E-state index < -0.39 is 29.8 Å². The fourth-order valence-corrected chi connectivity index (χ4v) is 2.83. The maximum absolute atomic E-state index is 12.3. The Kier molecular flexibility index (Phi) is 8.16. The van der Waals surface area contributed by atoms with Gasteiger partial charge in [0.25, 0.3) is 0 Å². The van der Waals surface area contributed by atoms with Gasteiger partial charge in [0, 0.05) is 18.5 Å². The molecule has 5 N–H and O–H groups in total. The number of methoxy groups -OCH3 is 1. The Labute approximate surface area is 186 Å². The Morgan fingerprint density at radius 3 is 2.50 bits per heavy atom. The second-order valence-corrected chi connectivity index (χ2v) is 8.19. The number of hydrogen-bond acceptors (Lipinski definition) is 8. The highest BCUT2D eigenvalue weighted by Crippen LogP contribution is 2.19. The molecule has 1 aliphatic heterocycles. The van der Waals surface area contributed by atoms with Gasteiger partial charge in [0.05, 0.1) is 19.2 Å². The molecule has 11 nitrogen and oxygen atoms in total. The fourth-order valence-electron chi connectivity index (χ4n) is 2.83. The van der Waals surface area contributed by atoms with E-state index in [0.717, 1.165) is 5.56 Å². The number of amidine groups is 1. The third-order valence-corrected chi connectivity index (χ3v) is 4.36. The third-order valence-electron chi connectivity index (χ3n) is 4.36. The van der Waals surface area contributed by atoms with E-state index in [9.17, 15) is 14.4 Å². The highest BCUT2D eigenvalue weighted by molar-refractivity contribution is 6.02. The molecule has 0 saturated carbocycles. The number of nitrogens with zero attached hydrogens (tertiary/aromatic N) is 1. The predicted octanol–water partition coefficient (Wildman–Crippen LogP) is 1.04. The Balaban J connectivity index is 1.84. The van der Waals surface area contributed by atoms with Crippen LogP contribution in [0.5, 0.6) is 0 Å². The average molecular weight is 447 g/mol. The Bertz CT molecular complexity index is 891. The van der Waals surface area contributed by atoms with Crippen LogP contribution in [-0.4, -0.2) is 60.9 Å². The van der Waals surface area contributed by atoms with Crippen molar-refractivity contribution in [3.63, 3.8) is 0 Å². The Morgan fingerprint density at radius 2 is 1.94 bits per heavy atom. The van der Waals surface area contributed by atoms with Crippen molar-refractivity contribution in [2.45, 2.75) is 51.4 Å². The van der Waals surface area contributed by atoms with Gasteiger partial charge in [0.15, 0.2) is 0 Å². The molecule has 174 valence electrons. The standard InChI is InChI=1S/C21H29N5O6/c1-21(2,3)31-20(29)25-16(19(28)30-4)11-24-17(27)10-14-9-15(26-32-14)12-5-7-13(8-6-12)18(22)23/h5-8,14,16H,9-11H2,1-4H3,(H3,22,23)(H,24,27)(H,25,29)/t14-,16+/m1/s1. The number of nitrogen functional groups attached to an aromatic ring is 1. The number of rotatable bonds is 8. The minimum atomic E-state index is -1.10. The summed E-state index contributed by atoms with van der Waals surface area (Å²) in [6.45, 7) is 4.91. The van der Waals surface area contributed by atoms with Gasteiger partial charge in [-0.3, -0.25) is 10.2 Å². The number of ether oxygens (including phenoxy) is 2. The molecule has 0 bridgehead atoms. The topological polar surface area (TPSA) is 165 Å². The second-order valence-electron chi connectivity index (χ2n) is 8.19. The molecule has 1 aromatic rings. The minimum Gasteiger partial charge on any atom is -0.467 e. The zero-order chi connectivity index (χ0) is 23.9. The molecular weight excluding hydrogens is 418 g/mol. The lowest BCUT2D eigenvalue weighted by Crippen LogP contribution is -2.50. The molecular formula is C21H29N5O6. The number of nitrogens with one attached hydrogen (secondary N) is 3. The number of carbonyl (C=O) groups excluding carboxylic acids is 3. The van der Waals surface area contributed by atoms with Crippen molar-refractivity contribution < 1.29 is 28.7 Å². The molecule has 1 aromatic carbocycles. The van der Waals surface area contributed by atoms with Gasteiger partial charge in [0.2, 0.25) is 5.91 Å². The lowest BCUT2D eigenvalue weighted by atomic mass is 10.0. The van der Waals surface area contributed by atoms with E-state index in [2.05, 4.69) is 20.5 Å².